The maximum atomic E-state index is 6.30. The van der Waals surface area contributed by atoms with Crippen LogP contribution in [0.1, 0.15) is 47.0 Å². The Morgan fingerprint density at radius 1 is 1.24 bits per heavy atom. The zero-order chi connectivity index (χ0) is 11.7. The normalized spacial score (nSPS) is 21.4. The lowest BCUT2D eigenvalue weighted by Crippen LogP contribution is -2.16. The van der Waals surface area contributed by atoms with Crippen molar-refractivity contribution in [2.75, 3.05) is 6.61 Å². The van der Waals surface area contributed by atoms with E-state index in [1.807, 2.05) is 11.3 Å². The Kier molecular flexibility index (Phi) is 3.21. The van der Waals surface area contributed by atoms with Crippen LogP contribution < -0.4 is 5.73 Å². The molecule has 0 saturated carbocycles. The molecule has 92 valence electrons. The molecule has 3 rings (SSSR count). The number of thiophene rings is 1. The van der Waals surface area contributed by atoms with E-state index in [1.165, 1.54) is 36.1 Å². The second-order valence-electron chi connectivity index (χ2n) is 4.88. The van der Waals surface area contributed by atoms with Crippen molar-refractivity contribution in [2.45, 2.75) is 44.6 Å². The van der Waals surface area contributed by atoms with Gasteiger partial charge in [0, 0.05) is 9.75 Å². The van der Waals surface area contributed by atoms with E-state index in [-0.39, 0.29) is 6.04 Å². The van der Waals surface area contributed by atoms with Crippen LogP contribution in [0, 0.1) is 0 Å². The number of ether oxygens (including phenoxy) is 1. The molecule has 2 nitrogen and oxygen atoms in total. The highest BCUT2D eigenvalue weighted by atomic mass is 32.1. The summed E-state index contributed by atoms with van der Waals surface area (Å²) >= 11 is 1.89. The minimum absolute atomic E-state index is 0.0362. The minimum atomic E-state index is -0.0362. The first-order valence-electron chi connectivity index (χ1n) is 6.54. The van der Waals surface area contributed by atoms with Crippen molar-refractivity contribution < 1.29 is 4.74 Å². The predicted octanol–water partition coefficient (Wildman–Crippen LogP) is 3.32. The molecule has 3 heteroatoms. The van der Waals surface area contributed by atoms with Gasteiger partial charge >= 0.3 is 0 Å². The summed E-state index contributed by atoms with van der Waals surface area (Å²) in [6.07, 6.45) is 9.53. The molecule has 0 saturated heterocycles. The van der Waals surface area contributed by atoms with Crippen molar-refractivity contribution in [3.05, 3.63) is 33.2 Å². The molecule has 0 amide bonds. The summed E-state index contributed by atoms with van der Waals surface area (Å²) in [5.41, 5.74) is 7.83. The molecule has 1 aromatic heterocycles. The fourth-order valence-electron chi connectivity index (χ4n) is 2.60. The van der Waals surface area contributed by atoms with Gasteiger partial charge in [-0.2, -0.15) is 0 Å². The van der Waals surface area contributed by atoms with Gasteiger partial charge in [-0.3, -0.25) is 0 Å². The molecule has 2 heterocycles. The van der Waals surface area contributed by atoms with Crippen LogP contribution in [0.5, 0.6) is 0 Å². The average molecular weight is 249 g/mol. The lowest BCUT2D eigenvalue weighted by molar-refractivity contribution is 0.176. The fourth-order valence-corrected chi connectivity index (χ4v) is 3.87. The Morgan fingerprint density at radius 3 is 2.88 bits per heavy atom. The number of rotatable bonds is 2. The van der Waals surface area contributed by atoms with Crippen molar-refractivity contribution in [3.63, 3.8) is 0 Å². The van der Waals surface area contributed by atoms with E-state index >= 15 is 0 Å². The number of aryl methyl sites for hydroxylation is 2. The Balaban J connectivity index is 1.83. The van der Waals surface area contributed by atoms with Crippen LogP contribution in [0.4, 0.5) is 0 Å². The maximum Gasteiger partial charge on any atom is 0.114 e. The molecule has 2 N–H and O–H groups in total. The van der Waals surface area contributed by atoms with E-state index in [0.29, 0.717) is 0 Å². The van der Waals surface area contributed by atoms with Crippen LogP contribution in [-0.2, 0) is 17.6 Å². The Morgan fingerprint density at radius 2 is 2.12 bits per heavy atom. The largest absolute Gasteiger partial charge is 0.496 e. The smallest absolute Gasteiger partial charge is 0.114 e. The quantitative estimate of drug-likeness (QED) is 0.872. The van der Waals surface area contributed by atoms with Crippen LogP contribution in [0.25, 0.3) is 0 Å². The molecule has 1 aliphatic heterocycles. The van der Waals surface area contributed by atoms with Crippen molar-refractivity contribution >= 4 is 11.3 Å². The van der Waals surface area contributed by atoms with E-state index in [1.54, 1.807) is 4.88 Å². The summed E-state index contributed by atoms with van der Waals surface area (Å²) in [4.78, 5) is 2.84. The van der Waals surface area contributed by atoms with Crippen LogP contribution in [0.2, 0.25) is 0 Å². The van der Waals surface area contributed by atoms with Crippen molar-refractivity contribution in [2.24, 2.45) is 5.73 Å². The molecule has 0 aromatic carbocycles. The number of fused-ring (bicyclic) bond motifs is 1. The van der Waals surface area contributed by atoms with Gasteiger partial charge in [-0.15, -0.1) is 11.3 Å². The number of hydrogen-bond acceptors (Lipinski definition) is 3. The van der Waals surface area contributed by atoms with Gasteiger partial charge < -0.3 is 10.5 Å². The summed E-state index contributed by atoms with van der Waals surface area (Å²) in [6.45, 7) is 0.824. The fraction of sp³-hybridized carbons (Fsp3) is 0.571. The standard InChI is InChI=1S/C14H19NOS/c15-14(11-6-3-4-8-16-11)13-9-10-5-1-2-7-12(10)17-13/h6,9,14H,1-5,7-8,15H2. The molecular weight excluding hydrogens is 230 g/mol. The highest BCUT2D eigenvalue weighted by Crippen LogP contribution is 2.35. The second kappa shape index (κ2) is 4.83. The van der Waals surface area contributed by atoms with E-state index in [2.05, 4.69) is 12.1 Å². The number of hydrogen-bond donors (Lipinski definition) is 1. The van der Waals surface area contributed by atoms with E-state index in [9.17, 15) is 0 Å². The van der Waals surface area contributed by atoms with E-state index in [0.717, 1.165) is 25.2 Å². The molecular formula is C14H19NOS. The highest BCUT2D eigenvalue weighted by molar-refractivity contribution is 7.12. The van der Waals surface area contributed by atoms with Gasteiger partial charge in [-0.25, -0.2) is 0 Å². The SMILES string of the molecule is NC(C1=CCCCO1)c1cc2c(s1)CCCC2. The molecule has 1 aromatic rings. The van der Waals surface area contributed by atoms with Crippen molar-refractivity contribution in [1.82, 2.24) is 0 Å². The number of allylic oxidation sites excluding steroid dienone is 1. The predicted molar refractivity (Wildman–Crippen MR) is 71.2 cm³/mol. The lowest BCUT2D eigenvalue weighted by atomic mass is 9.98. The van der Waals surface area contributed by atoms with Gasteiger partial charge in [0.2, 0.25) is 0 Å². The molecule has 1 atom stereocenters. The second-order valence-corrected chi connectivity index (χ2v) is 6.05. The van der Waals surface area contributed by atoms with E-state index < -0.39 is 0 Å². The van der Waals surface area contributed by atoms with Gasteiger partial charge in [0.25, 0.3) is 0 Å². The molecule has 0 fully saturated rings. The van der Waals surface area contributed by atoms with Gasteiger partial charge in [0.05, 0.1) is 12.6 Å². The van der Waals surface area contributed by atoms with Crippen LogP contribution in [0.15, 0.2) is 17.9 Å². The monoisotopic (exact) mass is 249 g/mol. The first kappa shape index (κ1) is 11.3. The summed E-state index contributed by atoms with van der Waals surface area (Å²) < 4.78 is 5.67. The Labute approximate surface area is 106 Å². The van der Waals surface area contributed by atoms with Crippen LogP contribution >= 0.6 is 11.3 Å². The molecule has 0 spiro atoms. The zero-order valence-corrected chi connectivity index (χ0v) is 10.9. The molecule has 1 unspecified atom stereocenters. The van der Waals surface area contributed by atoms with Crippen LogP contribution in [0.3, 0.4) is 0 Å². The first-order valence-corrected chi connectivity index (χ1v) is 7.36. The molecule has 2 aliphatic rings. The Hall–Kier alpha value is -0.800. The molecule has 0 radical (unpaired) electrons. The third-order valence-electron chi connectivity index (χ3n) is 3.59. The third kappa shape index (κ3) is 2.26. The number of nitrogens with two attached hydrogens (primary N) is 1. The van der Waals surface area contributed by atoms with Crippen molar-refractivity contribution in [1.29, 1.82) is 0 Å². The van der Waals surface area contributed by atoms with E-state index in [4.69, 9.17) is 10.5 Å². The minimum Gasteiger partial charge on any atom is -0.496 e. The summed E-state index contributed by atoms with van der Waals surface area (Å²) in [5.74, 6) is 0.981. The average Bonchev–Trinajstić information content (AvgIpc) is 2.82. The molecule has 0 bridgehead atoms. The summed E-state index contributed by atoms with van der Waals surface area (Å²) in [6, 6.07) is 2.27. The summed E-state index contributed by atoms with van der Waals surface area (Å²) in [7, 11) is 0. The van der Waals surface area contributed by atoms with Gasteiger partial charge in [-0.1, -0.05) is 0 Å². The molecule has 17 heavy (non-hydrogen) atoms. The molecule has 1 aliphatic carbocycles. The maximum absolute atomic E-state index is 6.30. The highest BCUT2D eigenvalue weighted by Gasteiger charge is 2.21. The summed E-state index contributed by atoms with van der Waals surface area (Å²) in [5, 5.41) is 0. The third-order valence-corrected chi connectivity index (χ3v) is 4.91. The van der Waals surface area contributed by atoms with Gasteiger partial charge in [-0.05, 0) is 56.2 Å². The van der Waals surface area contributed by atoms with Crippen molar-refractivity contribution in [3.8, 4) is 0 Å². The van der Waals surface area contributed by atoms with Gasteiger partial charge in [0.15, 0.2) is 0 Å². The van der Waals surface area contributed by atoms with Crippen LogP contribution in [-0.4, -0.2) is 6.61 Å². The zero-order valence-electron chi connectivity index (χ0n) is 10.1. The first-order chi connectivity index (χ1) is 8.34. The Bertz CT molecular complexity index is 412. The van der Waals surface area contributed by atoms with Gasteiger partial charge in [0.1, 0.15) is 5.76 Å². The lowest BCUT2D eigenvalue weighted by Gasteiger charge is -2.19. The topological polar surface area (TPSA) is 35.2 Å².